The zero-order valence-electron chi connectivity index (χ0n) is 22.4. The number of ether oxygens (including phenoxy) is 2. The summed E-state index contributed by atoms with van der Waals surface area (Å²) in [5, 5.41) is 0. The van der Waals surface area contributed by atoms with Gasteiger partial charge in [-0.2, -0.15) is 0 Å². The van der Waals surface area contributed by atoms with Crippen molar-refractivity contribution in [2.24, 2.45) is 9.98 Å². The third-order valence-electron chi connectivity index (χ3n) is 6.29. The minimum absolute atomic E-state index is 0.641. The lowest BCUT2D eigenvalue weighted by molar-refractivity contribution is 0.393. The van der Waals surface area contributed by atoms with Crippen LogP contribution in [0, 0.1) is 0 Å². The van der Waals surface area contributed by atoms with Gasteiger partial charge < -0.3 is 9.47 Å². The van der Waals surface area contributed by atoms with Gasteiger partial charge >= 0.3 is 0 Å². The van der Waals surface area contributed by atoms with Gasteiger partial charge in [-0.3, -0.25) is 0 Å². The Labute approximate surface area is 234 Å². The monoisotopic (exact) mass is 520 g/mol. The molecule has 0 aliphatic carbocycles. The zero-order chi connectivity index (χ0) is 27.6. The highest BCUT2D eigenvalue weighted by Crippen LogP contribution is 2.39. The van der Waals surface area contributed by atoms with Crippen LogP contribution in [0.15, 0.2) is 143 Å². The fourth-order valence-electron chi connectivity index (χ4n) is 4.31. The first kappa shape index (κ1) is 26.2. The fraction of sp³-hybridized carbons (Fsp3) is 0.0556. The van der Waals surface area contributed by atoms with Crippen LogP contribution in [0.5, 0.6) is 11.5 Å². The molecule has 0 radical (unpaired) electrons. The van der Waals surface area contributed by atoms with Gasteiger partial charge in [-0.25, -0.2) is 9.98 Å². The lowest BCUT2D eigenvalue weighted by Crippen LogP contribution is -2.01. The van der Waals surface area contributed by atoms with Crippen molar-refractivity contribution in [2.75, 3.05) is 14.2 Å². The van der Waals surface area contributed by atoms with Crippen molar-refractivity contribution in [3.8, 4) is 11.5 Å². The number of para-hydroxylation sites is 2. The Kier molecular flexibility index (Phi) is 8.46. The molecule has 4 heteroatoms. The average Bonchev–Trinajstić information content (AvgIpc) is 3.03. The zero-order valence-corrected chi connectivity index (χ0v) is 22.4. The third-order valence-corrected chi connectivity index (χ3v) is 6.29. The van der Waals surface area contributed by atoms with Gasteiger partial charge in [-0.1, -0.05) is 97.1 Å². The standard InChI is InChI=1S/C36H28N2O2/c1-39-35-24-36(40-2)32(34(28-17-9-4-10-18-28)26-38-30-21-13-6-14-22-30)23-31(35)33(27-15-7-3-8-16-27)25-37-29-19-11-5-12-20-29/h3-24H,1-2H3. The first-order valence-corrected chi connectivity index (χ1v) is 12.9. The summed E-state index contributed by atoms with van der Waals surface area (Å²) in [6.45, 7) is 0. The second-order valence-corrected chi connectivity index (χ2v) is 8.85. The molecule has 4 nitrogen and oxygen atoms in total. The van der Waals surface area contributed by atoms with Crippen LogP contribution in [0.3, 0.4) is 0 Å². The molecule has 0 amide bonds. The van der Waals surface area contributed by atoms with Gasteiger partial charge in [0.2, 0.25) is 0 Å². The van der Waals surface area contributed by atoms with Crippen LogP contribution in [-0.4, -0.2) is 26.0 Å². The maximum atomic E-state index is 5.88. The van der Waals surface area contributed by atoms with E-state index in [2.05, 4.69) is 21.7 Å². The van der Waals surface area contributed by atoms with Crippen LogP contribution in [0.25, 0.3) is 11.1 Å². The van der Waals surface area contributed by atoms with Crippen molar-refractivity contribution in [3.05, 3.63) is 156 Å². The van der Waals surface area contributed by atoms with E-state index in [0.29, 0.717) is 11.5 Å². The van der Waals surface area contributed by atoms with Crippen LogP contribution in [-0.2, 0) is 0 Å². The maximum absolute atomic E-state index is 5.88. The molecule has 0 fully saturated rings. The van der Waals surface area contributed by atoms with Crippen molar-refractivity contribution in [2.45, 2.75) is 0 Å². The van der Waals surface area contributed by atoms with Gasteiger partial charge in [-0.15, -0.1) is 0 Å². The minimum atomic E-state index is 0.641. The van der Waals surface area contributed by atoms with Crippen molar-refractivity contribution < 1.29 is 9.47 Å². The number of hydrogen-bond donors (Lipinski definition) is 0. The van der Waals surface area contributed by atoms with Crippen LogP contribution in [0.1, 0.15) is 22.3 Å². The normalized spacial score (nSPS) is 10.1. The van der Waals surface area contributed by atoms with E-state index in [1.54, 1.807) is 14.2 Å². The summed E-state index contributed by atoms with van der Waals surface area (Å²) in [6.07, 6.45) is 0. The van der Waals surface area contributed by atoms with E-state index in [1.807, 2.05) is 133 Å². The van der Waals surface area contributed by atoms with E-state index in [0.717, 1.165) is 44.8 Å². The Balaban J connectivity index is 1.79. The van der Waals surface area contributed by atoms with Gasteiger partial charge in [0.25, 0.3) is 0 Å². The lowest BCUT2D eigenvalue weighted by atomic mass is 9.92. The van der Waals surface area contributed by atoms with Gasteiger partial charge in [-0.05, 0) is 53.2 Å². The topological polar surface area (TPSA) is 43.2 Å². The summed E-state index contributed by atoms with van der Waals surface area (Å²) < 4.78 is 11.8. The molecule has 40 heavy (non-hydrogen) atoms. The Morgan fingerprint density at radius 3 is 1.18 bits per heavy atom. The van der Waals surface area contributed by atoms with E-state index in [9.17, 15) is 0 Å². The molecule has 0 aliphatic heterocycles. The molecular formula is C36H28N2O2. The molecule has 194 valence electrons. The predicted octanol–water partition coefficient (Wildman–Crippen LogP) is 8.57. The van der Waals surface area contributed by atoms with Gasteiger partial charge in [0.15, 0.2) is 0 Å². The molecule has 0 bridgehead atoms. The highest BCUT2D eigenvalue weighted by molar-refractivity contribution is 6.05. The molecule has 0 aromatic heterocycles. The Bertz CT molecular complexity index is 1570. The minimum Gasteiger partial charge on any atom is -0.496 e. The number of hydrogen-bond acceptors (Lipinski definition) is 4. The lowest BCUT2D eigenvalue weighted by Gasteiger charge is -2.17. The Morgan fingerprint density at radius 1 is 0.475 bits per heavy atom. The van der Waals surface area contributed by atoms with Gasteiger partial charge in [0, 0.05) is 17.2 Å². The van der Waals surface area contributed by atoms with Crippen LogP contribution in [0.2, 0.25) is 0 Å². The molecule has 0 spiro atoms. The van der Waals surface area contributed by atoms with Crippen molar-refractivity contribution in [3.63, 3.8) is 0 Å². The van der Waals surface area contributed by atoms with Crippen LogP contribution < -0.4 is 9.47 Å². The number of methoxy groups -OCH3 is 2. The third kappa shape index (κ3) is 6.18. The first-order valence-electron chi connectivity index (χ1n) is 12.9. The highest BCUT2D eigenvalue weighted by atomic mass is 16.5. The number of benzene rings is 5. The molecule has 0 N–H and O–H groups in total. The predicted molar refractivity (Wildman–Crippen MR) is 165 cm³/mol. The SMILES string of the molecule is COc1cc(OC)c(C(=C=Nc2ccccc2)c2ccccc2)cc1C(=C=Nc1ccccc1)c1ccccc1. The summed E-state index contributed by atoms with van der Waals surface area (Å²) >= 11 is 0. The highest BCUT2D eigenvalue weighted by Gasteiger charge is 2.19. The number of nitrogens with zero attached hydrogens (tertiary/aromatic N) is 2. The fourth-order valence-corrected chi connectivity index (χ4v) is 4.31. The molecule has 0 saturated carbocycles. The van der Waals surface area contributed by atoms with E-state index in [1.165, 1.54) is 0 Å². The van der Waals surface area contributed by atoms with Gasteiger partial charge in [0.05, 0.1) is 36.7 Å². The van der Waals surface area contributed by atoms with E-state index in [-0.39, 0.29) is 0 Å². The van der Waals surface area contributed by atoms with E-state index in [4.69, 9.17) is 9.47 Å². The second-order valence-electron chi connectivity index (χ2n) is 8.85. The summed E-state index contributed by atoms with van der Waals surface area (Å²) in [7, 11) is 3.30. The van der Waals surface area contributed by atoms with Crippen LogP contribution in [0.4, 0.5) is 11.4 Å². The first-order chi connectivity index (χ1) is 19.8. The summed E-state index contributed by atoms with van der Waals surface area (Å²) in [4.78, 5) is 9.34. The molecular weight excluding hydrogens is 492 g/mol. The molecule has 0 saturated heterocycles. The van der Waals surface area contributed by atoms with E-state index >= 15 is 0 Å². The Morgan fingerprint density at radius 2 is 0.825 bits per heavy atom. The molecule has 0 heterocycles. The Hall–Kier alpha value is -5.40. The van der Waals surface area contributed by atoms with Gasteiger partial charge in [0.1, 0.15) is 11.5 Å². The second kappa shape index (κ2) is 12.9. The van der Waals surface area contributed by atoms with Crippen LogP contribution >= 0.6 is 0 Å². The molecule has 0 aliphatic rings. The van der Waals surface area contributed by atoms with Crippen molar-refractivity contribution in [1.29, 1.82) is 0 Å². The summed E-state index contributed by atoms with van der Waals surface area (Å²) in [5.74, 6) is 7.91. The van der Waals surface area contributed by atoms with E-state index < -0.39 is 0 Å². The molecule has 0 atom stereocenters. The molecule has 5 aromatic rings. The summed E-state index contributed by atoms with van der Waals surface area (Å²) in [5.41, 5.74) is 6.75. The molecule has 0 unspecified atom stereocenters. The maximum Gasteiger partial charge on any atom is 0.131 e. The average molecular weight is 521 g/mol. The summed E-state index contributed by atoms with van der Waals surface area (Å²) in [6, 6.07) is 43.6. The number of aliphatic imine (C=N–C) groups is 2. The molecule has 5 aromatic carbocycles. The quantitative estimate of drug-likeness (QED) is 0.192. The van der Waals surface area contributed by atoms with Crippen molar-refractivity contribution in [1.82, 2.24) is 0 Å². The smallest absolute Gasteiger partial charge is 0.131 e. The number of rotatable bonds is 8. The molecule has 5 rings (SSSR count). The largest absolute Gasteiger partial charge is 0.496 e. The van der Waals surface area contributed by atoms with Crippen molar-refractivity contribution >= 4 is 34.3 Å².